The number of hydrogen-bond donors (Lipinski definition) is 0. The molecule has 29 heavy (non-hydrogen) atoms. The molecule has 4 nitrogen and oxygen atoms in total. The van der Waals surface area contributed by atoms with Crippen LogP contribution < -0.4 is 4.74 Å². The standard InChI is InChI=1S/C24H37NO3S/c1-17(2)16-28-20-8-7-18-14-24(11-9-19(27-6)10-12-24)22(21(18)13-20)15-25-29(26)23(3,4)5/h7-8,13,15,17,19,22H,9-12,14,16H2,1-6H3/t19-,22?,24-,29?. The monoisotopic (exact) mass is 419 g/mol. The second kappa shape index (κ2) is 8.99. The molecule has 0 radical (unpaired) electrons. The smallest absolute Gasteiger partial charge is 0.144 e. The largest absolute Gasteiger partial charge is 0.591 e. The Hall–Kier alpha value is -1.04. The highest BCUT2D eigenvalue weighted by Crippen LogP contribution is 2.55. The molecule has 3 rings (SSSR count). The second-order valence-electron chi connectivity index (χ2n) is 10.1. The summed E-state index contributed by atoms with van der Waals surface area (Å²) in [5.41, 5.74) is 2.84. The highest BCUT2D eigenvalue weighted by Gasteiger charge is 2.48. The van der Waals surface area contributed by atoms with Crippen molar-refractivity contribution in [3.8, 4) is 5.75 Å². The summed E-state index contributed by atoms with van der Waals surface area (Å²) < 4.78 is 28.4. The van der Waals surface area contributed by atoms with Crippen LogP contribution in [0.5, 0.6) is 5.75 Å². The van der Waals surface area contributed by atoms with Crippen molar-refractivity contribution < 1.29 is 14.0 Å². The molecule has 1 saturated carbocycles. The Bertz CT molecular complexity index is 717. The summed E-state index contributed by atoms with van der Waals surface area (Å²) in [7, 11) is 1.82. The van der Waals surface area contributed by atoms with Gasteiger partial charge in [0.1, 0.15) is 21.9 Å². The van der Waals surface area contributed by atoms with Crippen LogP contribution in [0, 0.1) is 11.3 Å². The molecule has 0 N–H and O–H groups in total. The molecule has 0 bridgehead atoms. The fourth-order valence-corrected chi connectivity index (χ4v) is 5.15. The number of nitrogens with zero attached hydrogens (tertiary/aromatic N) is 1. The van der Waals surface area contributed by atoms with Gasteiger partial charge in [0.05, 0.1) is 18.9 Å². The van der Waals surface area contributed by atoms with Crippen molar-refractivity contribution in [2.75, 3.05) is 13.7 Å². The van der Waals surface area contributed by atoms with E-state index in [9.17, 15) is 4.55 Å². The van der Waals surface area contributed by atoms with Crippen LogP contribution in [0.1, 0.15) is 77.3 Å². The van der Waals surface area contributed by atoms with E-state index < -0.39 is 11.4 Å². The van der Waals surface area contributed by atoms with E-state index in [1.807, 2.05) is 34.1 Å². The zero-order valence-corrected chi connectivity index (χ0v) is 19.7. The molecule has 2 aliphatic carbocycles. The van der Waals surface area contributed by atoms with Crippen LogP contribution in [0.4, 0.5) is 0 Å². The van der Waals surface area contributed by atoms with Crippen LogP contribution in [0.2, 0.25) is 0 Å². The zero-order chi connectivity index (χ0) is 21.2. The molecular formula is C24H37NO3S. The maximum atomic E-state index is 12.6. The lowest BCUT2D eigenvalue weighted by Crippen LogP contribution is -2.35. The quantitative estimate of drug-likeness (QED) is 0.454. The number of hydrogen-bond acceptors (Lipinski definition) is 4. The molecular weight excluding hydrogens is 382 g/mol. The Morgan fingerprint density at radius 2 is 1.97 bits per heavy atom. The fraction of sp³-hybridized carbons (Fsp3) is 0.708. The Labute approximate surface area is 179 Å². The first-order chi connectivity index (χ1) is 13.6. The third-order valence-corrected chi connectivity index (χ3v) is 7.69. The van der Waals surface area contributed by atoms with Gasteiger partial charge in [-0.25, -0.2) is 0 Å². The summed E-state index contributed by atoms with van der Waals surface area (Å²) in [6, 6.07) is 6.53. The number of rotatable bonds is 6. The van der Waals surface area contributed by atoms with Gasteiger partial charge in [0.2, 0.25) is 0 Å². The third kappa shape index (κ3) is 5.18. The Morgan fingerprint density at radius 1 is 1.28 bits per heavy atom. The third-order valence-electron chi connectivity index (χ3n) is 6.33. The minimum absolute atomic E-state index is 0.152. The second-order valence-corrected chi connectivity index (χ2v) is 12.1. The molecule has 1 fully saturated rings. The molecule has 162 valence electrons. The molecule has 0 aliphatic heterocycles. The Morgan fingerprint density at radius 3 is 2.55 bits per heavy atom. The molecule has 1 aromatic rings. The van der Waals surface area contributed by atoms with Gasteiger partial charge in [-0.2, -0.15) is 0 Å². The van der Waals surface area contributed by atoms with Crippen LogP contribution in [0.3, 0.4) is 0 Å². The van der Waals surface area contributed by atoms with E-state index in [0.717, 1.165) is 37.9 Å². The van der Waals surface area contributed by atoms with Gasteiger partial charge >= 0.3 is 0 Å². The molecule has 5 heteroatoms. The summed E-state index contributed by atoms with van der Waals surface area (Å²) in [6.07, 6.45) is 7.79. The van der Waals surface area contributed by atoms with E-state index in [1.165, 1.54) is 11.1 Å². The lowest BCUT2D eigenvalue weighted by Gasteiger charge is -2.40. The minimum atomic E-state index is -1.24. The molecule has 1 aromatic carbocycles. The normalized spacial score (nSPS) is 28.3. The van der Waals surface area contributed by atoms with Crippen LogP contribution in [0.25, 0.3) is 0 Å². The lowest BCUT2D eigenvalue weighted by atomic mass is 9.66. The predicted molar refractivity (Wildman–Crippen MR) is 121 cm³/mol. The highest BCUT2D eigenvalue weighted by molar-refractivity contribution is 7.91. The Kier molecular flexibility index (Phi) is 7.02. The molecule has 0 amide bonds. The van der Waals surface area contributed by atoms with Crippen molar-refractivity contribution in [1.29, 1.82) is 0 Å². The van der Waals surface area contributed by atoms with E-state index in [1.54, 1.807) is 0 Å². The van der Waals surface area contributed by atoms with Gasteiger partial charge in [0.15, 0.2) is 0 Å². The average Bonchev–Trinajstić information content (AvgIpc) is 2.96. The topological polar surface area (TPSA) is 53.9 Å². The Balaban J connectivity index is 1.90. The molecule has 2 aliphatic rings. The van der Waals surface area contributed by atoms with Crippen molar-refractivity contribution >= 4 is 17.6 Å². The first kappa shape index (κ1) is 22.6. The van der Waals surface area contributed by atoms with Gasteiger partial charge < -0.3 is 14.0 Å². The molecule has 2 unspecified atom stereocenters. The van der Waals surface area contributed by atoms with E-state index >= 15 is 0 Å². The van der Waals surface area contributed by atoms with Crippen molar-refractivity contribution in [2.45, 2.75) is 83.5 Å². The fourth-order valence-electron chi connectivity index (χ4n) is 4.60. The van der Waals surface area contributed by atoms with Crippen LogP contribution in [0.15, 0.2) is 22.6 Å². The van der Waals surface area contributed by atoms with Gasteiger partial charge in [-0.05, 0) is 87.5 Å². The first-order valence-corrected chi connectivity index (χ1v) is 12.0. The maximum Gasteiger partial charge on any atom is 0.144 e. The lowest BCUT2D eigenvalue weighted by molar-refractivity contribution is 0.0273. The molecule has 0 heterocycles. The van der Waals surface area contributed by atoms with Crippen molar-refractivity contribution in [3.05, 3.63) is 29.3 Å². The van der Waals surface area contributed by atoms with E-state index in [4.69, 9.17) is 9.47 Å². The maximum absolute atomic E-state index is 12.6. The van der Waals surface area contributed by atoms with Crippen molar-refractivity contribution in [3.63, 3.8) is 0 Å². The molecule has 1 spiro atoms. The minimum Gasteiger partial charge on any atom is -0.591 e. The van der Waals surface area contributed by atoms with Gasteiger partial charge in [-0.3, -0.25) is 0 Å². The summed E-state index contributed by atoms with van der Waals surface area (Å²) in [5.74, 6) is 1.60. The summed E-state index contributed by atoms with van der Waals surface area (Å²) >= 11 is -1.24. The van der Waals surface area contributed by atoms with Gasteiger partial charge in [0.25, 0.3) is 0 Å². The SMILES string of the molecule is CO[C@H]1CC[C@]2(CC1)Cc1ccc(OCC(C)C)cc1C2C=N[S+]([O-])C(C)(C)C. The van der Waals surface area contributed by atoms with E-state index in [0.29, 0.717) is 18.6 Å². The van der Waals surface area contributed by atoms with Crippen molar-refractivity contribution in [1.82, 2.24) is 0 Å². The number of benzene rings is 1. The predicted octanol–water partition coefficient (Wildman–Crippen LogP) is 5.47. The first-order valence-electron chi connectivity index (χ1n) is 10.9. The van der Waals surface area contributed by atoms with Crippen LogP contribution >= 0.6 is 0 Å². The summed E-state index contributed by atoms with van der Waals surface area (Å²) in [5, 5.41) is 0. The molecule has 0 aromatic heterocycles. The summed E-state index contributed by atoms with van der Waals surface area (Å²) in [6.45, 7) is 11.0. The van der Waals surface area contributed by atoms with Crippen LogP contribution in [-0.2, 0) is 22.5 Å². The zero-order valence-electron chi connectivity index (χ0n) is 18.9. The average molecular weight is 420 g/mol. The highest BCUT2D eigenvalue weighted by atomic mass is 32.2. The van der Waals surface area contributed by atoms with E-state index in [2.05, 4.69) is 36.4 Å². The van der Waals surface area contributed by atoms with Gasteiger partial charge in [-0.15, -0.1) is 0 Å². The van der Waals surface area contributed by atoms with Gasteiger partial charge in [-0.1, -0.05) is 24.3 Å². The van der Waals surface area contributed by atoms with Gasteiger partial charge in [0, 0.05) is 13.0 Å². The summed E-state index contributed by atoms with van der Waals surface area (Å²) in [4.78, 5) is 0. The van der Waals surface area contributed by atoms with E-state index in [-0.39, 0.29) is 16.1 Å². The number of methoxy groups -OCH3 is 1. The number of ether oxygens (including phenoxy) is 2. The molecule has 0 saturated heterocycles. The number of fused-ring (bicyclic) bond motifs is 1. The van der Waals surface area contributed by atoms with Crippen molar-refractivity contribution in [2.24, 2.45) is 15.7 Å². The molecule has 2 atom stereocenters. The van der Waals surface area contributed by atoms with Crippen LogP contribution in [-0.4, -0.2) is 35.3 Å².